The van der Waals surface area contributed by atoms with Gasteiger partial charge in [0.05, 0.1) is 12.3 Å². The summed E-state index contributed by atoms with van der Waals surface area (Å²) >= 11 is 2.92. The largest absolute Gasteiger partial charge is 0.254 e. The van der Waals surface area contributed by atoms with E-state index in [2.05, 4.69) is 16.3 Å². The minimum atomic E-state index is -1.02. The van der Waals surface area contributed by atoms with E-state index in [4.69, 9.17) is 0 Å². The molecule has 0 fully saturated rings. The van der Waals surface area contributed by atoms with Gasteiger partial charge in [-0.2, -0.15) is 9.36 Å². The lowest BCUT2D eigenvalue weighted by atomic mass is 10.2. The van der Waals surface area contributed by atoms with Crippen molar-refractivity contribution in [2.45, 2.75) is 18.2 Å². The third kappa shape index (κ3) is 2.31. The first-order chi connectivity index (χ1) is 7.61. The molecule has 0 aliphatic carbocycles. The minimum absolute atomic E-state index is 0.597. The molecule has 0 radical (unpaired) electrons. The Morgan fingerprint density at radius 3 is 2.81 bits per heavy atom. The molecule has 0 amide bonds. The van der Waals surface area contributed by atoms with Gasteiger partial charge in [0.15, 0.2) is 4.34 Å². The summed E-state index contributed by atoms with van der Waals surface area (Å²) in [6.07, 6.45) is 1.97. The quantitative estimate of drug-likeness (QED) is 0.612. The molecule has 4 nitrogen and oxygen atoms in total. The molecule has 0 spiro atoms. The molecule has 0 bridgehead atoms. The molecule has 2 heterocycles. The highest BCUT2D eigenvalue weighted by Crippen LogP contribution is 2.25. The summed E-state index contributed by atoms with van der Waals surface area (Å²) in [7, 11) is -1.02. The van der Waals surface area contributed by atoms with Crippen LogP contribution >= 0.6 is 23.3 Å². The van der Waals surface area contributed by atoms with Crippen molar-refractivity contribution >= 4 is 40.2 Å². The Morgan fingerprint density at radius 1 is 1.44 bits per heavy atom. The zero-order valence-electron chi connectivity index (χ0n) is 9.39. The molecule has 1 aliphatic rings. The molecule has 1 aromatic heterocycles. The lowest BCUT2D eigenvalue weighted by molar-refractivity contribution is 0.678. The molecule has 0 unspecified atom stereocenters. The topological polar surface area (TPSA) is 46.1 Å². The fourth-order valence-electron chi connectivity index (χ4n) is 1.36. The van der Waals surface area contributed by atoms with Crippen molar-refractivity contribution in [1.29, 1.82) is 0 Å². The van der Waals surface area contributed by atoms with E-state index in [0.29, 0.717) is 18.2 Å². The third-order valence-electron chi connectivity index (χ3n) is 2.49. The van der Waals surface area contributed by atoms with E-state index in [0.717, 1.165) is 4.34 Å². The van der Waals surface area contributed by atoms with Crippen LogP contribution in [0.2, 0.25) is 0 Å². The maximum Gasteiger partial charge on any atom is 0.250 e. The van der Waals surface area contributed by atoms with Gasteiger partial charge in [-0.05, 0) is 31.6 Å². The summed E-state index contributed by atoms with van der Waals surface area (Å²) in [6, 6.07) is 0. The second-order valence-corrected chi connectivity index (χ2v) is 6.81. The van der Waals surface area contributed by atoms with Gasteiger partial charge in [-0.25, -0.2) is 4.21 Å². The molecule has 1 aliphatic heterocycles. The molecule has 88 valence electrons. The van der Waals surface area contributed by atoms with Crippen LogP contribution in [0.4, 0.5) is 5.95 Å². The van der Waals surface area contributed by atoms with Crippen LogP contribution in [0.15, 0.2) is 15.5 Å². The van der Waals surface area contributed by atoms with Gasteiger partial charge in [-0.3, -0.25) is 4.31 Å². The van der Waals surface area contributed by atoms with E-state index in [1.54, 1.807) is 16.1 Å². The van der Waals surface area contributed by atoms with Crippen molar-refractivity contribution in [1.82, 2.24) is 9.36 Å². The highest BCUT2D eigenvalue weighted by atomic mass is 32.2. The number of hydrogen-bond acceptors (Lipinski definition) is 5. The van der Waals surface area contributed by atoms with Gasteiger partial charge >= 0.3 is 0 Å². The first kappa shape index (κ1) is 12.1. The maximum absolute atomic E-state index is 12.0. The standard InChI is InChI=1S/C9H13N3OS3/c1-6-4-12(16(13)5-7(6)2)8-10-9(14-3)15-11-8/h4-5H2,1-3H3/t16-/m1/s1. The van der Waals surface area contributed by atoms with Crippen molar-refractivity contribution in [3.8, 4) is 0 Å². The van der Waals surface area contributed by atoms with Crippen LogP contribution in [0.5, 0.6) is 0 Å². The van der Waals surface area contributed by atoms with Gasteiger partial charge in [0.25, 0.3) is 5.95 Å². The van der Waals surface area contributed by atoms with Gasteiger partial charge in [-0.15, -0.1) is 0 Å². The van der Waals surface area contributed by atoms with E-state index >= 15 is 0 Å². The summed E-state index contributed by atoms with van der Waals surface area (Å²) in [5.74, 6) is 1.19. The van der Waals surface area contributed by atoms with Crippen LogP contribution in [0.25, 0.3) is 0 Å². The molecule has 2 rings (SSSR count). The molecule has 0 saturated heterocycles. The number of aromatic nitrogens is 2. The molecule has 0 saturated carbocycles. The Kier molecular flexibility index (Phi) is 3.66. The van der Waals surface area contributed by atoms with Gasteiger partial charge in [-0.1, -0.05) is 22.9 Å². The average molecular weight is 275 g/mol. The van der Waals surface area contributed by atoms with Crippen LogP contribution in [0.1, 0.15) is 13.8 Å². The molecule has 7 heteroatoms. The second-order valence-electron chi connectivity index (χ2n) is 3.63. The Bertz CT molecular complexity index is 455. The van der Waals surface area contributed by atoms with Crippen LogP contribution in [0, 0.1) is 0 Å². The van der Waals surface area contributed by atoms with Crippen molar-refractivity contribution in [3.05, 3.63) is 11.1 Å². The summed E-state index contributed by atoms with van der Waals surface area (Å²) in [6.45, 7) is 4.77. The normalized spacial score (nSPS) is 21.7. The Morgan fingerprint density at radius 2 is 2.19 bits per heavy atom. The fraction of sp³-hybridized carbons (Fsp3) is 0.556. The number of nitrogens with zero attached hydrogens (tertiary/aromatic N) is 3. The van der Waals surface area contributed by atoms with Crippen LogP contribution in [-0.2, 0) is 11.0 Å². The summed E-state index contributed by atoms with van der Waals surface area (Å²) in [5, 5.41) is 0. The SMILES string of the molecule is CSc1nc(N2CC(C)=C(C)C[S@]2=O)ns1. The minimum Gasteiger partial charge on any atom is -0.254 e. The molecule has 0 aromatic carbocycles. The molecular weight excluding hydrogens is 262 g/mol. The first-order valence-corrected chi connectivity index (χ1v) is 8.08. The van der Waals surface area contributed by atoms with Gasteiger partial charge in [0, 0.05) is 0 Å². The molecule has 0 N–H and O–H groups in total. The lowest BCUT2D eigenvalue weighted by Crippen LogP contribution is -2.34. The number of rotatable bonds is 2. The zero-order valence-corrected chi connectivity index (χ0v) is 11.8. The first-order valence-electron chi connectivity index (χ1n) is 4.80. The second kappa shape index (κ2) is 4.85. The average Bonchev–Trinajstić information content (AvgIpc) is 2.71. The van der Waals surface area contributed by atoms with Crippen molar-refractivity contribution in [3.63, 3.8) is 0 Å². The van der Waals surface area contributed by atoms with Gasteiger partial charge < -0.3 is 0 Å². The van der Waals surface area contributed by atoms with Crippen molar-refractivity contribution in [2.75, 3.05) is 22.9 Å². The van der Waals surface area contributed by atoms with E-state index in [1.165, 1.54) is 22.7 Å². The highest BCUT2D eigenvalue weighted by molar-refractivity contribution is 8.00. The Labute approximate surface area is 106 Å². The van der Waals surface area contributed by atoms with Crippen molar-refractivity contribution in [2.24, 2.45) is 0 Å². The smallest absolute Gasteiger partial charge is 0.250 e. The van der Waals surface area contributed by atoms with E-state index in [1.807, 2.05) is 13.2 Å². The highest BCUT2D eigenvalue weighted by Gasteiger charge is 2.24. The van der Waals surface area contributed by atoms with Gasteiger partial charge in [0.1, 0.15) is 11.0 Å². The van der Waals surface area contributed by atoms with Crippen molar-refractivity contribution < 1.29 is 4.21 Å². The predicted molar refractivity (Wildman–Crippen MR) is 70.4 cm³/mol. The fourth-order valence-corrected chi connectivity index (χ4v) is 3.79. The maximum atomic E-state index is 12.0. The van der Waals surface area contributed by atoms with Crippen LogP contribution in [0.3, 0.4) is 0 Å². The lowest BCUT2D eigenvalue weighted by Gasteiger charge is -2.26. The summed E-state index contributed by atoms with van der Waals surface area (Å²) in [4.78, 5) is 4.34. The zero-order chi connectivity index (χ0) is 11.7. The van der Waals surface area contributed by atoms with Crippen LogP contribution in [-0.4, -0.2) is 32.1 Å². The van der Waals surface area contributed by atoms with Crippen LogP contribution < -0.4 is 4.31 Å². The van der Waals surface area contributed by atoms with Gasteiger partial charge in [0.2, 0.25) is 0 Å². The predicted octanol–water partition coefficient (Wildman–Crippen LogP) is 2.08. The van der Waals surface area contributed by atoms with E-state index < -0.39 is 11.0 Å². The van der Waals surface area contributed by atoms with E-state index in [9.17, 15) is 4.21 Å². The molecular formula is C9H13N3OS3. The third-order valence-corrected chi connectivity index (χ3v) is 5.62. The Hall–Kier alpha value is -0.400. The molecule has 1 atom stereocenters. The number of hydrogen-bond donors (Lipinski definition) is 0. The summed E-state index contributed by atoms with van der Waals surface area (Å²) in [5.41, 5.74) is 2.48. The molecule has 16 heavy (non-hydrogen) atoms. The monoisotopic (exact) mass is 275 g/mol. The number of anilines is 1. The van der Waals surface area contributed by atoms with E-state index in [-0.39, 0.29) is 0 Å². The summed E-state index contributed by atoms with van der Waals surface area (Å²) < 4.78 is 18.9. The number of thioether (sulfide) groups is 1. The molecule has 1 aromatic rings. The Balaban J connectivity index is 2.25.